The van der Waals surface area contributed by atoms with Gasteiger partial charge in [0.15, 0.2) is 0 Å². The molecule has 0 saturated heterocycles. The molecule has 0 aromatic carbocycles. The molecule has 1 unspecified atom stereocenters. The van der Waals surface area contributed by atoms with Gasteiger partial charge in [-0.3, -0.25) is 10.1 Å². The summed E-state index contributed by atoms with van der Waals surface area (Å²) in [6.07, 6.45) is 0. The average molecular weight is 161 g/mol. The van der Waals surface area contributed by atoms with Crippen molar-refractivity contribution in [2.45, 2.75) is 26.8 Å². The van der Waals surface area contributed by atoms with E-state index in [1.807, 2.05) is 0 Å². The van der Waals surface area contributed by atoms with Gasteiger partial charge in [-0.25, -0.2) is 4.79 Å². The highest BCUT2D eigenvalue weighted by atomic mass is 16.6. The summed E-state index contributed by atoms with van der Waals surface area (Å²) in [6, 6.07) is -1.53. The Kier molecular flexibility index (Phi) is 2.56. The third-order valence-corrected chi connectivity index (χ3v) is 1.27. The lowest BCUT2D eigenvalue weighted by molar-refractivity contribution is -0.526. The van der Waals surface area contributed by atoms with E-state index in [1.165, 1.54) is 20.8 Å². The van der Waals surface area contributed by atoms with Crippen molar-refractivity contribution in [3.05, 3.63) is 10.1 Å². The lowest BCUT2D eigenvalue weighted by Crippen LogP contribution is -2.40. The van der Waals surface area contributed by atoms with Crippen LogP contribution in [0.4, 0.5) is 0 Å². The maximum atomic E-state index is 10.3. The molecule has 0 aliphatic heterocycles. The summed E-state index contributed by atoms with van der Waals surface area (Å²) in [5.41, 5.74) is -0.838. The molecule has 0 rings (SSSR count). The summed E-state index contributed by atoms with van der Waals surface area (Å²) in [6.45, 7) is 4.57. The Morgan fingerprint density at radius 3 is 1.91 bits per heavy atom. The first-order chi connectivity index (χ1) is 4.76. The fourth-order valence-electron chi connectivity index (χ4n) is 0.777. The molecule has 5 heteroatoms. The van der Waals surface area contributed by atoms with Gasteiger partial charge in [0.1, 0.15) is 0 Å². The molecular weight excluding hydrogens is 150 g/mol. The van der Waals surface area contributed by atoms with Gasteiger partial charge in [0, 0.05) is 10.3 Å². The molecule has 0 heterocycles. The van der Waals surface area contributed by atoms with E-state index in [1.54, 1.807) is 0 Å². The van der Waals surface area contributed by atoms with Gasteiger partial charge >= 0.3 is 12.0 Å². The van der Waals surface area contributed by atoms with Crippen molar-refractivity contribution in [3.8, 4) is 0 Å². The summed E-state index contributed by atoms with van der Waals surface area (Å²) in [5, 5.41) is 18.6. The minimum atomic E-state index is -1.53. The highest BCUT2D eigenvalue weighted by Crippen LogP contribution is 2.21. The van der Waals surface area contributed by atoms with Crippen molar-refractivity contribution >= 4 is 5.97 Å². The van der Waals surface area contributed by atoms with Crippen molar-refractivity contribution in [2.24, 2.45) is 5.41 Å². The van der Waals surface area contributed by atoms with E-state index in [-0.39, 0.29) is 0 Å². The van der Waals surface area contributed by atoms with E-state index in [0.717, 1.165) is 0 Å². The van der Waals surface area contributed by atoms with Crippen LogP contribution in [-0.4, -0.2) is 22.0 Å². The van der Waals surface area contributed by atoms with Crippen molar-refractivity contribution in [1.29, 1.82) is 0 Å². The molecule has 0 spiro atoms. The topological polar surface area (TPSA) is 80.4 Å². The summed E-state index contributed by atoms with van der Waals surface area (Å²) in [7, 11) is 0. The molecule has 11 heavy (non-hydrogen) atoms. The molecule has 0 radical (unpaired) electrons. The quantitative estimate of drug-likeness (QED) is 0.479. The summed E-state index contributed by atoms with van der Waals surface area (Å²) < 4.78 is 0. The molecule has 0 aromatic rings. The fourth-order valence-corrected chi connectivity index (χ4v) is 0.777. The van der Waals surface area contributed by atoms with Crippen molar-refractivity contribution in [3.63, 3.8) is 0 Å². The molecule has 1 atom stereocenters. The minimum Gasteiger partial charge on any atom is -0.476 e. The third-order valence-electron chi connectivity index (χ3n) is 1.27. The maximum absolute atomic E-state index is 10.3. The van der Waals surface area contributed by atoms with E-state index >= 15 is 0 Å². The Morgan fingerprint density at radius 2 is 1.91 bits per heavy atom. The minimum absolute atomic E-state index is 0.775. The highest BCUT2D eigenvalue weighted by Gasteiger charge is 2.41. The number of carboxylic acids is 1. The average Bonchev–Trinajstić information content (AvgIpc) is 1.54. The number of hydrogen-bond donors (Lipinski definition) is 1. The van der Waals surface area contributed by atoms with Crippen LogP contribution in [-0.2, 0) is 4.79 Å². The monoisotopic (exact) mass is 161 g/mol. The van der Waals surface area contributed by atoms with Crippen molar-refractivity contribution < 1.29 is 14.8 Å². The molecule has 0 bridgehead atoms. The van der Waals surface area contributed by atoms with Gasteiger partial charge in [0.05, 0.1) is 0 Å². The largest absolute Gasteiger partial charge is 0.476 e. The zero-order valence-electron chi connectivity index (χ0n) is 6.70. The Labute approximate surface area is 64.2 Å². The van der Waals surface area contributed by atoms with E-state index < -0.39 is 22.3 Å². The predicted octanol–water partition coefficient (Wildman–Crippen LogP) is 0.762. The number of aliphatic carboxylic acids is 1. The SMILES string of the molecule is CC(C)(C)C(C(=O)O)[N+](=O)[O-]. The third kappa shape index (κ3) is 2.53. The van der Waals surface area contributed by atoms with Gasteiger partial charge in [-0.2, -0.15) is 0 Å². The number of hydrogen-bond acceptors (Lipinski definition) is 3. The predicted molar refractivity (Wildman–Crippen MR) is 37.9 cm³/mol. The summed E-state index contributed by atoms with van der Waals surface area (Å²) in [4.78, 5) is 19.8. The Morgan fingerprint density at radius 1 is 1.55 bits per heavy atom. The van der Waals surface area contributed by atoms with Crippen LogP contribution >= 0.6 is 0 Å². The molecule has 64 valence electrons. The molecule has 0 aliphatic rings. The van der Waals surface area contributed by atoms with Crippen LogP contribution < -0.4 is 0 Å². The van der Waals surface area contributed by atoms with Gasteiger partial charge < -0.3 is 5.11 Å². The zero-order valence-corrected chi connectivity index (χ0v) is 6.70. The van der Waals surface area contributed by atoms with Crippen LogP contribution in [0, 0.1) is 15.5 Å². The Bertz CT molecular complexity index is 168. The number of carbonyl (C=O) groups is 1. The molecule has 1 N–H and O–H groups in total. The van der Waals surface area contributed by atoms with Crippen molar-refractivity contribution in [1.82, 2.24) is 0 Å². The normalized spacial score (nSPS) is 14.1. The number of nitrogens with zero attached hydrogens (tertiary/aromatic N) is 1. The second-order valence-electron chi connectivity index (χ2n) is 3.39. The van der Waals surface area contributed by atoms with Gasteiger partial charge in [-0.1, -0.05) is 20.8 Å². The molecule has 0 amide bonds. The second-order valence-corrected chi connectivity index (χ2v) is 3.39. The van der Waals surface area contributed by atoms with Gasteiger partial charge in [-0.05, 0) is 0 Å². The molecule has 0 saturated carbocycles. The number of carboxylic acid groups (broad SMARTS) is 1. The number of rotatable bonds is 2. The first kappa shape index (κ1) is 9.87. The fraction of sp³-hybridized carbons (Fsp3) is 0.833. The maximum Gasteiger partial charge on any atom is 0.379 e. The Hall–Kier alpha value is -1.13. The molecule has 0 aromatic heterocycles. The number of nitro groups is 1. The van der Waals surface area contributed by atoms with Crippen LogP contribution in [0.25, 0.3) is 0 Å². The van der Waals surface area contributed by atoms with Crippen LogP contribution in [0.5, 0.6) is 0 Å². The van der Waals surface area contributed by atoms with Crippen LogP contribution in [0.15, 0.2) is 0 Å². The Balaban J connectivity index is 4.63. The second kappa shape index (κ2) is 2.86. The van der Waals surface area contributed by atoms with Gasteiger partial charge in [-0.15, -0.1) is 0 Å². The smallest absolute Gasteiger partial charge is 0.379 e. The summed E-state index contributed by atoms with van der Waals surface area (Å²) in [5.74, 6) is -1.39. The lowest BCUT2D eigenvalue weighted by atomic mass is 9.87. The van der Waals surface area contributed by atoms with Crippen LogP contribution in [0.3, 0.4) is 0 Å². The zero-order chi connectivity index (χ0) is 9.23. The van der Waals surface area contributed by atoms with Crippen LogP contribution in [0.1, 0.15) is 20.8 Å². The summed E-state index contributed by atoms with van der Waals surface area (Å²) >= 11 is 0. The lowest BCUT2D eigenvalue weighted by Gasteiger charge is -2.18. The van der Waals surface area contributed by atoms with E-state index in [4.69, 9.17) is 5.11 Å². The highest BCUT2D eigenvalue weighted by molar-refractivity contribution is 5.72. The van der Waals surface area contributed by atoms with E-state index in [0.29, 0.717) is 0 Å². The first-order valence-corrected chi connectivity index (χ1v) is 3.13. The van der Waals surface area contributed by atoms with E-state index in [9.17, 15) is 14.9 Å². The van der Waals surface area contributed by atoms with Gasteiger partial charge in [0.2, 0.25) is 0 Å². The van der Waals surface area contributed by atoms with Gasteiger partial charge in [0.25, 0.3) is 0 Å². The molecular formula is C6H11NO4. The molecule has 0 fully saturated rings. The van der Waals surface area contributed by atoms with E-state index in [2.05, 4.69) is 0 Å². The first-order valence-electron chi connectivity index (χ1n) is 3.13. The molecule has 5 nitrogen and oxygen atoms in total. The van der Waals surface area contributed by atoms with Crippen LogP contribution in [0.2, 0.25) is 0 Å². The van der Waals surface area contributed by atoms with Crippen molar-refractivity contribution in [2.75, 3.05) is 0 Å². The standard InChI is InChI=1S/C6H11NO4/c1-6(2,3)4(5(8)9)7(10)11/h4H,1-3H3,(H,8,9). The molecule has 0 aliphatic carbocycles.